The number of ether oxygens (including phenoxy) is 2. The van der Waals surface area contributed by atoms with Crippen molar-refractivity contribution in [3.8, 4) is 0 Å². The molecule has 0 N–H and O–H groups in total. The molecule has 5 rings (SSSR count). The molecule has 146 valence electrons. The summed E-state index contributed by atoms with van der Waals surface area (Å²) in [5.41, 5.74) is -0.884. The van der Waals surface area contributed by atoms with Gasteiger partial charge in [0.1, 0.15) is 11.9 Å². The molecule has 0 aliphatic heterocycles. The lowest BCUT2D eigenvalue weighted by molar-refractivity contribution is -0.165. The number of aromatic nitrogens is 2. The fraction of sp³-hybridized carbons (Fsp3) is 0.722. The van der Waals surface area contributed by atoms with Gasteiger partial charge in [0.05, 0.1) is 6.61 Å². The first-order valence-electron chi connectivity index (χ1n) is 9.06. The van der Waals surface area contributed by atoms with Gasteiger partial charge in [-0.05, 0) is 50.2 Å². The minimum atomic E-state index is -3.53. The second-order valence-corrected chi connectivity index (χ2v) is 9.54. The Morgan fingerprint density at radius 2 is 2.15 bits per heavy atom. The first kappa shape index (κ1) is 17.5. The molecule has 4 aliphatic rings. The summed E-state index contributed by atoms with van der Waals surface area (Å²) in [7, 11) is 0. The standard InChI is InChI=1S/C18H20F2N2O4S/c1-27-18(19,20)13(23)25-9-15-4-11-5-16(12(11)6-15)8-17(16,7-15)26-14(24)22-3-2-21-10-22/h2-3,10-12H,4-9H2,1H3/t11?,12?,15-,16?,17?/m0/s1. The van der Waals surface area contributed by atoms with Crippen molar-refractivity contribution in [1.82, 2.24) is 9.55 Å². The van der Waals surface area contributed by atoms with Crippen LogP contribution in [0.1, 0.15) is 32.1 Å². The van der Waals surface area contributed by atoms with E-state index in [-0.39, 0.29) is 29.2 Å². The van der Waals surface area contributed by atoms with E-state index >= 15 is 0 Å². The van der Waals surface area contributed by atoms with Crippen LogP contribution < -0.4 is 0 Å². The molecule has 5 atom stereocenters. The summed E-state index contributed by atoms with van der Waals surface area (Å²) < 4.78 is 39.3. The molecule has 1 aromatic rings. The van der Waals surface area contributed by atoms with Gasteiger partial charge in [-0.3, -0.25) is 0 Å². The van der Waals surface area contributed by atoms with Gasteiger partial charge in [-0.25, -0.2) is 19.1 Å². The highest BCUT2D eigenvalue weighted by atomic mass is 32.2. The number of hydrogen-bond acceptors (Lipinski definition) is 6. The number of nitrogens with zero attached hydrogens (tertiary/aromatic N) is 2. The minimum absolute atomic E-state index is 0.0323. The number of carbonyl (C=O) groups is 2. The molecule has 1 heterocycles. The molecular formula is C18H20F2N2O4S. The Hall–Kier alpha value is -1.64. The minimum Gasteiger partial charge on any atom is -0.460 e. The van der Waals surface area contributed by atoms with Gasteiger partial charge in [-0.2, -0.15) is 8.78 Å². The zero-order chi connectivity index (χ0) is 19.1. The number of esters is 1. The van der Waals surface area contributed by atoms with Crippen molar-refractivity contribution in [3.05, 3.63) is 18.7 Å². The van der Waals surface area contributed by atoms with Gasteiger partial charge in [0.15, 0.2) is 0 Å². The molecule has 6 nitrogen and oxygen atoms in total. The molecule has 0 saturated heterocycles. The smallest absolute Gasteiger partial charge is 0.419 e. The van der Waals surface area contributed by atoms with Crippen LogP contribution in [0.2, 0.25) is 0 Å². The van der Waals surface area contributed by atoms with Crippen LogP contribution in [0.15, 0.2) is 18.7 Å². The van der Waals surface area contributed by atoms with Gasteiger partial charge in [0.2, 0.25) is 0 Å². The Labute approximate surface area is 159 Å². The van der Waals surface area contributed by atoms with Gasteiger partial charge in [-0.1, -0.05) is 11.8 Å². The normalized spacial score (nSPS) is 40.7. The number of halogens is 2. The average molecular weight is 398 g/mol. The summed E-state index contributed by atoms with van der Waals surface area (Å²) in [6.07, 6.45) is 9.28. The second kappa shape index (κ2) is 5.24. The number of carbonyl (C=O) groups excluding carboxylic acids is 2. The van der Waals surface area contributed by atoms with Gasteiger partial charge in [0.25, 0.3) is 0 Å². The highest BCUT2D eigenvalue weighted by Crippen LogP contribution is 2.86. The lowest BCUT2D eigenvalue weighted by Crippen LogP contribution is -2.47. The summed E-state index contributed by atoms with van der Waals surface area (Å²) in [4.78, 5) is 28.0. The maximum Gasteiger partial charge on any atom is 0.419 e. The highest BCUT2D eigenvalue weighted by Gasteiger charge is 2.86. The van der Waals surface area contributed by atoms with Crippen molar-refractivity contribution in [3.63, 3.8) is 0 Å². The average Bonchev–Trinajstić information content (AvgIpc) is 2.96. The van der Waals surface area contributed by atoms with E-state index < -0.39 is 22.9 Å². The first-order valence-corrected chi connectivity index (χ1v) is 10.3. The van der Waals surface area contributed by atoms with Crippen molar-refractivity contribution in [1.29, 1.82) is 0 Å². The molecule has 4 aliphatic carbocycles. The van der Waals surface area contributed by atoms with Gasteiger partial charge >= 0.3 is 17.3 Å². The van der Waals surface area contributed by atoms with Crippen LogP contribution in [0.3, 0.4) is 0 Å². The van der Waals surface area contributed by atoms with Crippen molar-refractivity contribution in [2.75, 3.05) is 12.9 Å². The maximum absolute atomic E-state index is 13.5. The van der Waals surface area contributed by atoms with E-state index in [4.69, 9.17) is 9.47 Å². The van der Waals surface area contributed by atoms with E-state index in [1.807, 2.05) is 0 Å². The Balaban J connectivity index is 1.33. The first-order chi connectivity index (χ1) is 12.7. The van der Waals surface area contributed by atoms with Gasteiger partial charge in [0, 0.05) is 23.2 Å². The molecule has 4 unspecified atom stereocenters. The quantitative estimate of drug-likeness (QED) is 0.709. The van der Waals surface area contributed by atoms with Crippen LogP contribution in [0.4, 0.5) is 13.6 Å². The molecule has 1 aromatic heterocycles. The van der Waals surface area contributed by atoms with E-state index in [0.29, 0.717) is 18.3 Å². The SMILES string of the molecule is CSC(F)(F)C(=O)OC[C@]12CC3CC4(CC4(OC(=O)n4ccnc4)C1)C3C2. The van der Waals surface area contributed by atoms with E-state index in [1.54, 1.807) is 0 Å². The summed E-state index contributed by atoms with van der Waals surface area (Å²) in [6.45, 7) is -0.0323. The van der Waals surface area contributed by atoms with Crippen LogP contribution in [0.5, 0.6) is 0 Å². The number of imidazole rings is 1. The molecule has 2 bridgehead atoms. The molecule has 4 fully saturated rings. The van der Waals surface area contributed by atoms with Crippen LogP contribution in [-0.4, -0.2) is 45.3 Å². The molecular weight excluding hydrogens is 378 g/mol. The molecule has 0 aromatic carbocycles. The Morgan fingerprint density at radius 3 is 2.85 bits per heavy atom. The monoisotopic (exact) mass is 398 g/mol. The van der Waals surface area contributed by atoms with Crippen molar-refractivity contribution >= 4 is 23.8 Å². The fourth-order valence-electron chi connectivity index (χ4n) is 6.23. The van der Waals surface area contributed by atoms with Gasteiger partial charge < -0.3 is 9.47 Å². The maximum atomic E-state index is 13.5. The van der Waals surface area contributed by atoms with E-state index in [9.17, 15) is 18.4 Å². The molecule has 0 radical (unpaired) electrons. The Bertz CT molecular complexity index is 818. The van der Waals surface area contributed by atoms with Gasteiger partial charge in [-0.15, -0.1) is 0 Å². The molecule has 27 heavy (non-hydrogen) atoms. The predicted molar refractivity (Wildman–Crippen MR) is 91.2 cm³/mol. The molecule has 0 amide bonds. The third-order valence-electron chi connectivity index (χ3n) is 7.30. The third-order valence-corrected chi connectivity index (χ3v) is 7.98. The number of fused-ring (bicyclic) bond motifs is 1. The van der Waals surface area contributed by atoms with Crippen molar-refractivity contribution in [2.45, 2.75) is 43.0 Å². The van der Waals surface area contributed by atoms with Crippen LogP contribution >= 0.6 is 11.8 Å². The van der Waals surface area contributed by atoms with Crippen LogP contribution in [0.25, 0.3) is 0 Å². The van der Waals surface area contributed by atoms with Crippen LogP contribution in [-0.2, 0) is 14.3 Å². The predicted octanol–water partition coefficient (Wildman–Crippen LogP) is 3.32. The van der Waals surface area contributed by atoms with Crippen molar-refractivity contribution in [2.24, 2.45) is 22.7 Å². The zero-order valence-corrected chi connectivity index (χ0v) is 15.6. The molecule has 1 spiro atoms. The largest absolute Gasteiger partial charge is 0.460 e. The summed E-state index contributed by atoms with van der Waals surface area (Å²) >= 11 is 0.175. The topological polar surface area (TPSA) is 70.4 Å². The van der Waals surface area contributed by atoms with Crippen LogP contribution in [0, 0.1) is 22.7 Å². The summed E-state index contributed by atoms with van der Waals surface area (Å²) in [6, 6.07) is 0. The summed E-state index contributed by atoms with van der Waals surface area (Å²) in [5.74, 6) is -0.539. The number of rotatable bonds is 5. The Morgan fingerprint density at radius 1 is 1.33 bits per heavy atom. The number of hydrogen-bond donors (Lipinski definition) is 0. The molecule has 4 saturated carbocycles. The highest BCUT2D eigenvalue weighted by molar-refractivity contribution is 8.00. The lowest BCUT2D eigenvalue weighted by Gasteiger charge is -2.47. The zero-order valence-electron chi connectivity index (χ0n) is 14.8. The van der Waals surface area contributed by atoms with Crippen molar-refractivity contribution < 1.29 is 27.8 Å². The second-order valence-electron chi connectivity index (χ2n) is 8.62. The van der Waals surface area contributed by atoms with E-state index in [0.717, 1.165) is 25.7 Å². The molecule has 9 heteroatoms. The summed E-state index contributed by atoms with van der Waals surface area (Å²) in [5, 5.41) is -3.53. The van der Waals surface area contributed by atoms with E-state index in [1.165, 1.54) is 29.5 Å². The Kier molecular flexibility index (Phi) is 3.39. The third kappa shape index (κ3) is 2.26. The lowest BCUT2D eigenvalue weighted by atomic mass is 9.60. The van der Waals surface area contributed by atoms with E-state index in [2.05, 4.69) is 4.98 Å². The fourth-order valence-corrected chi connectivity index (χ4v) is 6.46. The number of alkyl halides is 2. The number of thioether (sulfide) groups is 1.